The number of hydrogen-bond donors (Lipinski definition) is 1. The number of aryl methyl sites for hydroxylation is 1. The third-order valence-corrected chi connectivity index (χ3v) is 5.37. The van der Waals surface area contributed by atoms with Gasteiger partial charge in [0.05, 0.1) is 0 Å². The highest BCUT2D eigenvalue weighted by Gasteiger charge is 2.23. The van der Waals surface area contributed by atoms with Crippen LogP contribution in [-0.4, -0.2) is 18.0 Å². The van der Waals surface area contributed by atoms with E-state index < -0.39 is 0 Å². The van der Waals surface area contributed by atoms with Gasteiger partial charge in [-0.05, 0) is 73.0 Å². The quantitative estimate of drug-likeness (QED) is 0.795. The molecule has 0 amide bonds. The molecule has 128 valence electrons. The van der Waals surface area contributed by atoms with Gasteiger partial charge in [-0.15, -0.1) is 0 Å². The lowest BCUT2D eigenvalue weighted by Gasteiger charge is -2.33. The summed E-state index contributed by atoms with van der Waals surface area (Å²) in [6.45, 7) is 10.1. The lowest BCUT2D eigenvalue weighted by atomic mass is 9.84. The molecule has 2 aromatic rings. The molecule has 0 aromatic heterocycles. The molecule has 0 radical (unpaired) electrons. The zero-order valence-corrected chi connectivity index (χ0v) is 15.3. The molecule has 1 heterocycles. The Morgan fingerprint density at radius 1 is 1.08 bits per heavy atom. The molecule has 2 nitrogen and oxygen atoms in total. The molecule has 0 atom stereocenters. The second-order valence-electron chi connectivity index (χ2n) is 7.53. The molecular formula is C22H30N2. The molecule has 1 aliphatic heterocycles. The van der Waals surface area contributed by atoms with Gasteiger partial charge in [0, 0.05) is 12.2 Å². The van der Waals surface area contributed by atoms with Gasteiger partial charge in [-0.3, -0.25) is 4.90 Å². The smallest absolute Gasteiger partial charge is 0.0352 e. The molecule has 0 spiro atoms. The normalized spacial score (nSPS) is 16.7. The third kappa shape index (κ3) is 3.81. The second-order valence-corrected chi connectivity index (χ2v) is 7.53. The van der Waals surface area contributed by atoms with E-state index >= 15 is 0 Å². The predicted octanol–water partition coefficient (Wildman–Crippen LogP) is 5.08. The highest BCUT2D eigenvalue weighted by Crippen LogP contribution is 2.35. The third-order valence-electron chi connectivity index (χ3n) is 5.37. The van der Waals surface area contributed by atoms with E-state index in [2.05, 4.69) is 68.1 Å². The topological polar surface area (TPSA) is 29.3 Å². The van der Waals surface area contributed by atoms with Gasteiger partial charge in [0.15, 0.2) is 0 Å². The number of nitrogens with zero attached hydrogens (tertiary/aromatic N) is 1. The maximum Gasteiger partial charge on any atom is 0.0352 e. The minimum atomic E-state index is 0.488. The van der Waals surface area contributed by atoms with Gasteiger partial charge in [0.2, 0.25) is 0 Å². The van der Waals surface area contributed by atoms with Crippen LogP contribution in [0.5, 0.6) is 0 Å². The van der Waals surface area contributed by atoms with Gasteiger partial charge in [0.1, 0.15) is 0 Å². The summed E-state index contributed by atoms with van der Waals surface area (Å²) in [6.07, 6.45) is 2.49. The zero-order chi connectivity index (χ0) is 17.1. The van der Waals surface area contributed by atoms with Crippen molar-refractivity contribution >= 4 is 5.69 Å². The van der Waals surface area contributed by atoms with Gasteiger partial charge in [-0.25, -0.2) is 0 Å². The summed E-state index contributed by atoms with van der Waals surface area (Å²) in [4.78, 5) is 2.59. The maximum absolute atomic E-state index is 6.22. The SMILES string of the molecule is Cc1cc(N)c(C(C)C)cc1C1CCN(Cc2ccccc2)CC1. The van der Waals surface area contributed by atoms with Crippen molar-refractivity contribution in [1.29, 1.82) is 0 Å². The van der Waals surface area contributed by atoms with E-state index in [0.29, 0.717) is 11.8 Å². The Labute approximate surface area is 146 Å². The van der Waals surface area contributed by atoms with Crippen molar-refractivity contribution in [3.63, 3.8) is 0 Å². The van der Waals surface area contributed by atoms with Crippen LogP contribution in [0.2, 0.25) is 0 Å². The molecule has 2 heteroatoms. The number of rotatable bonds is 4. The minimum absolute atomic E-state index is 0.488. The van der Waals surface area contributed by atoms with E-state index in [1.54, 1.807) is 0 Å². The largest absolute Gasteiger partial charge is 0.398 e. The average Bonchev–Trinajstić information content (AvgIpc) is 2.56. The van der Waals surface area contributed by atoms with Gasteiger partial charge >= 0.3 is 0 Å². The Hall–Kier alpha value is -1.80. The Balaban J connectivity index is 1.67. The molecule has 0 aliphatic carbocycles. The second kappa shape index (κ2) is 7.40. The molecule has 2 aromatic carbocycles. The number of likely N-dealkylation sites (tertiary alicyclic amines) is 1. The minimum Gasteiger partial charge on any atom is -0.398 e. The molecule has 0 bridgehead atoms. The Bertz CT molecular complexity index is 668. The molecule has 0 unspecified atom stereocenters. The summed E-state index contributed by atoms with van der Waals surface area (Å²) < 4.78 is 0. The Kier molecular flexibility index (Phi) is 5.25. The Morgan fingerprint density at radius 2 is 1.75 bits per heavy atom. The van der Waals surface area contributed by atoms with E-state index in [1.807, 2.05) is 0 Å². The first-order valence-corrected chi connectivity index (χ1v) is 9.20. The van der Waals surface area contributed by atoms with Gasteiger partial charge < -0.3 is 5.73 Å². The number of hydrogen-bond acceptors (Lipinski definition) is 2. The van der Waals surface area contributed by atoms with Crippen molar-refractivity contribution in [3.8, 4) is 0 Å². The molecule has 3 rings (SSSR count). The van der Waals surface area contributed by atoms with E-state index in [0.717, 1.165) is 12.2 Å². The van der Waals surface area contributed by atoms with E-state index in [1.165, 1.54) is 48.2 Å². The number of piperidine rings is 1. The van der Waals surface area contributed by atoms with Crippen LogP contribution in [0.1, 0.15) is 60.8 Å². The van der Waals surface area contributed by atoms with Crippen LogP contribution in [0.25, 0.3) is 0 Å². The van der Waals surface area contributed by atoms with Crippen molar-refractivity contribution in [2.45, 2.75) is 52.0 Å². The first-order valence-electron chi connectivity index (χ1n) is 9.20. The maximum atomic E-state index is 6.22. The van der Waals surface area contributed by atoms with Crippen LogP contribution >= 0.6 is 0 Å². The van der Waals surface area contributed by atoms with Crippen LogP contribution in [0.15, 0.2) is 42.5 Å². The van der Waals surface area contributed by atoms with Crippen molar-refractivity contribution in [2.24, 2.45) is 0 Å². The van der Waals surface area contributed by atoms with Crippen LogP contribution in [0.3, 0.4) is 0 Å². The summed E-state index contributed by atoms with van der Waals surface area (Å²) in [5.41, 5.74) is 12.8. The first-order chi connectivity index (χ1) is 11.5. The van der Waals surface area contributed by atoms with Crippen molar-refractivity contribution in [1.82, 2.24) is 4.90 Å². The van der Waals surface area contributed by atoms with Crippen LogP contribution in [-0.2, 0) is 6.54 Å². The fraction of sp³-hybridized carbons (Fsp3) is 0.455. The van der Waals surface area contributed by atoms with Crippen molar-refractivity contribution in [2.75, 3.05) is 18.8 Å². The van der Waals surface area contributed by atoms with Crippen molar-refractivity contribution in [3.05, 3.63) is 64.7 Å². The standard InChI is InChI=1S/C22H30N2/c1-16(2)20-14-21(17(3)13-22(20)23)19-9-11-24(12-10-19)15-18-7-5-4-6-8-18/h4-8,13-14,16,19H,9-12,15,23H2,1-3H3. The van der Waals surface area contributed by atoms with Gasteiger partial charge in [-0.2, -0.15) is 0 Å². The monoisotopic (exact) mass is 322 g/mol. The van der Waals surface area contributed by atoms with Crippen molar-refractivity contribution < 1.29 is 0 Å². The summed E-state index contributed by atoms with van der Waals surface area (Å²) in [7, 11) is 0. The van der Waals surface area contributed by atoms with E-state index in [-0.39, 0.29) is 0 Å². The predicted molar refractivity (Wildman–Crippen MR) is 103 cm³/mol. The lowest BCUT2D eigenvalue weighted by molar-refractivity contribution is 0.204. The zero-order valence-electron chi connectivity index (χ0n) is 15.3. The molecule has 2 N–H and O–H groups in total. The van der Waals surface area contributed by atoms with Gasteiger partial charge in [0.25, 0.3) is 0 Å². The van der Waals surface area contributed by atoms with Crippen LogP contribution < -0.4 is 5.73 Å². The highest BCUT2D eigenvalue weighted by atomic mass is 15.1. The summed E-state index contributed by atoms with van der Waals surface area (Å²) in [5.74, 6) is 1.16. The summed E-state index contributed by atoms with van der Waals surface area (Å²) in [5, 5.41) is 0. The number of anilines is 1. The van der Waals surface area contributed by atoms with E-state index in [4.69, 9.17) is 5.73 Å². The summed E-state index contributed by atoms with van der Waals surface area (Å²) >= 11 is 0. The first kappa shape index (κ1) is 17.0. The number of nitrogens with two attached hydrogens (primary N) is 1. The average molecular weight is 322 g/mol. The lowest BCUT2D eigenvalue weighted by Crippen LogP contribution is -2.32. The molecule has 1 fully saturated rings. The molecule has 1 saturated heterocycles. The van der Waals surface area contributed by atoms with Crippen LogP contribution in [0.4, 0.5) is 5.69 Å². The molecule has 0 saturated carbocycles. The Morgan fingerprint density at radius 3 is 2.38 bits per heavy atom. The molecule has 1 aliphatic rings. The number of nitrogen functional groups attached to an aromatic ring is 1. The number of benzene rings is 2. The molecule has 24 heavy (non-hydrogen) atoms. The fourth-order valence-electron chi connectivity index (χ4n) is 3.95. The highest BCUT2D eigenvalue weighted by molar-refractivity contribution is 5.54. The van der Waals surface area contributed by atoms with Gasteiger partial charge in [-0.1, -0.05) is 50.2 Å². The molecular weight excluding hydrogens is 292 g/mol. The summed E-state index contributed by atoms with van der Waals surface area (Å²) in [6, 6.07) is 15.4. The van der Waals surface area contributed by atoms with E-state index in [9.17, 15) is 0 Å². The van der Waals surface area contributed by atoms with Crippen LogP contribution in [0, 0.1) is 6.92 Å². The fourth-order valence-corrected chi connectivity index (χ4v) is 3.95.